The number of benzene rings is 1. The standard InChI is InChI=1S/C15H12BrN5O2/c1-9-5-14(21-23-9)20-15(22)12-7-13(18-8-17-12)19-11-4-2-3-10(16)6-11/h2-8H,1H3,(H,17,18,19)(H,20,21,22). The number of nitrogens with zero attached hydrogens (tertiary/aromatic N) is 3. The Balaban J connectivity index is 1.75. The molecule has 0 spiro atoms. The summed E-state index contributed by atoms with van der Waals surface area (Å²) in [4.78, 5) is 20.2. The lowest BCUT2D eigenvalue weighted by Gasteiger charge is -2.07. The molecule has 23 heavy (non-hydrogen) atoms. The molecule has 0 aliphatic rings. The number of carbonyl (C=O) groups excluding carboxylic acids is 1. The lowest BCUT2D eigenvalue weighted by atomic mass is 10.3. The van der Waals surface area contributed by atoms with E-state index in [1.807, 2.05) is 24.3 Å². The summed E-state index contributed by atoms with van der Waals surface area (Å²) in [5.74, 6) is 1.07. The van der Waals surface area contributed by atoms with Crippen molar-refractivity contribution < 1.29 is 9.32 Å². The average molecular weight is 374 g/mol. The Kier molecular flexibility index (Phi) is 4.33. The van der Waals surface area contributed by atoms with E-state index in [-0.39, 0.29) is 5.69 Å². The first-order valence-corrected chi connectivity index (χ1v) is 7.49. The van der Waals surface area contributed by atoms with Crippen molar-refractivity contribution >= 4 is 39.2 Å². The molecule has 1 aromatic carbocycles. The van der Waals surface area contributed by atoms with Crippen molar-refractivity contribution in [1.82, 2.24) is 15.1 Å². The maximum absolute atomic E-state index is 12.2. The second-order valence-electron chi connectivity index (χ2n) is 4.70. The Labute approximate surface area is 140 Å². The fourth-order valence-corrected chi connectivity index (χ4v) is 2.27. The predicted molar refractivity (Wildman–Crippen MR) is 88.6 cm³/mol. The summed E-state index contributed by atoms with van der Waals surface area (Å²) in [6, 6.07) is 10.8. The Morgan fingerprint density at radius 2 is 2.04 bits per heavy atom. The van der Waals surface area contributed by atoms with E-state index in [4.69, 9.17) is 4.52 Å². The summed E-state index contributed by atoms with van der Waals surface area (Å²) in [5.41, 5.74) is 1.06. The van der Waals surface area contributed by atoms with Crippen LogP contribution in [-0.2, 0) is 0 Å². The van der Waals surface area contributed by atoms with E-state index in [0.717, 1.165) is 10.2 Å². The van der Waals surface area contributed by atoms with E-state index < -0.39 is 5.91 Å². The second kappa shape index (κ2) is 6.57. The van der Waals surface area contributed by atoms with Crippen LogP contribution in [0, 0.1) is 6.92 Å². The van der Waals surface area contributed by atoms with Crippen LogP contribution in [0.25, 0.3) is 0 Å². The SMILES string of the molecule is Cc1cc(NC(=O)c2cc(Nc3cccc(Br)c3)ncn2)no1. The number of amides is 1. The molecule has 0 atom stereocenters. The predicted octanol–water partition coefficient (Wildman–Crippen LogP) is 3.53. The van der Waals surface area contributed by atoms with Gasteiger partial charge in [0.2, 0.25) is 0 Å². The third-order valence-electron chi connectivity index (χ3n) is 2.87. The van der Waals surface area contributed by atoms with E-state index in [0.29, 0.717) is 17.4 Å². The molecule has 0 aliphatic heterocycles. The summed E-state index contributed by atoms with van der Waals surface area (Å²) in [6.07, 6.45) is 1.32. The molecule has 7 nitrogen and oxygen atoms in total. The van der Waals surface area contributed by atoms with Gasteiger partial charge in [0.15, 0.2) is 5.82 Å². The molecule has 8 heteroatoms. The fraction of sp³-hybridized carbons (Fsp3) is 0.0667. The number of anilines is 3. The fourth-order valence-electron chi connectivity index (χ4n) is 1.87. The van der Waals surface area contributed by atoms with Crippen molar-refractivity contribution in [1.29, 1.82) is 0 Å². The molecule has 1 amide bonds. The Morgan fingerprint density at radius 3 is 2.78 bits per heavy atom. The van der Waals surface area contributed by atoms with Gasteiger partial charge in [-0.25, -0.2) is 9.97 Å². The van der Waals surface area contributed by atoms with Crippen molar-refractivity contribution in [2.45, 2.75) is 6.92 Å². The molecule has 2 aromatic heterocycles. The van der Waals surface area contributed by atoms with Crippen molar-refractivity contribution in [2.75, 3.05) is 10.6 Å². The first-order valence-electron chi connectivity index (χ1n) is 6.69. The van der Waals surface area contributed by atoms with Crippen LogP contribution in [0.5, 0.6) is 0 Å². The van der Waals surface area contributed by atoms with E-state index in [1.54, 1.807) is 19.1 Å². The van der Waals surface area contributed by atoms with Crippen LogP contribution in [-0.4, -0.2) is 21.0 Å². The second-order valence-corrected chi connectivity index (χ2v) is 5.62. The minimum atomic E-state index is -0.391. The van der Waals surface area contributed by atoms with Gasteiger partial charge in [0.1, 0.15) is 23.6 Å². The summed E-state index contributed by atoms with van der Waals surface area (Å²) in [7, 11) is 0. The van der Waals surface area contributed by atoms with E-state index in [1.165, 1.54) is 6.33 Å². The number of hydrogen-bond acceptors (Lipinski definition) is 6. The first kappa shape index (κ1) is 15.2. The number of hydrogen-bond donors (Lipinski definition) is 2. The molecule has 0 aliphatic carbocycles. The van der Waals surface area contributed by atoms with Crippen molar-refractivity contribution in [2.24, 2.45) is 0 Å². The highest BCUT2D eigenvalue weighted by Crippen LogP contribution is 2.19. The van der Waals surface area contributed by atoms with Crippen LogP contribution < -0.4 is 10.6 Å². The molecule has 0 unspecified atom stereocenters. The summed E-state index contributed by atoms with van der Waals surface area (Å²) in [6.45, 7) is 1.74. The van der Waals surface area contributed by atoms with E-state index in [2.05, 4.69) is 41.7 Å². The average Bonchev–Trinajstić information content (AvgIpc) is 2.92. The Hall–Kier alpha value is -2.74. The van der Waals surface area contributed by atoms with Crippen LogP contribution >= 0.6 is 15.9 Å². The zero-order chi connectivity index (χ0) is 16.2. The third kappa shape index (κ3) is 3.92. The van der Waals surface area contributed by atoms with Gasteiger partial charge in [-0.15, -0.1) is 0 Å². The van der Waals surface area contributed by atoms with Crippen LogP contribution in [0.2, 0.25) is 0 Å². The molecule has 0 saturated carbocycles. The highest BCUT2D eigenvalue weighted by molar-refractivity contribution is 9.10. The van der Waals surface area contributed by atoms with E-state index >= 15 is 0 Å². The van der Waals surface area contributed by atoms with Crippen molar-refractivity contribution in [3.8, 4) is 0 Å². The van der Waals surface area contributed by atoms with Crippen LogP contribution in [0.1, 0.15) is 16.2 Å². The minimum absolute atomic E-state index is 0.221. The third-order valence-corrected chi connectivity index (χ3v) is 3.36. The molecule has 2 heterocycles. The van der Waals surface area contributed by atoms with Crippen LogP contribution in [0.4, 0.5) is 17.3 Å². The molecule has 3 aromatic rings. The smallest absolute Gasteiger partial charge is 0.275 e. The number of halogens is 1. The Bertz CT molecular complexity index is 849. The van der Waals surface area contributed by atoms with Gasteiger partial charge in [0, 0.05) is 22.3 Å². The molecule has 3 rings (SSSR count). The molecular formula is C15H12BrN5O2. The van der Waals surface area contributed by atoms with Gasteiger partial charge in [0.05, 0.1) is 0 Å². The van der Waals surface area contributed by atoms with Gasteiger partial charge >= 0.3 is 0 Å². The van der Waals surface area contributed by atoms with Gasteiger partial charge in [0.25, 0.3) is 5.91 Å². The molecule has 2 N–H and O–H groups in total. The normalized spacial score (nSPS) is 10.3. The van der Waals surface area contributed by atoms with Gasteiger partial charge in [-0.1, -0.05) is 27.2 Å². The lowest BCUT2D eigenvalue weighted by Crippen LogP contribution is -2.14. The summed E-state index contributed by atoms with van der Waals surface area (Å²) < 4.78 is 5.84. The van der Waals surface area contributed by atoms with Crippen LogP contribution in [0.3, 0.4) is 0 Å². The maximum Gasteiger partial charge on any atom is 0.275 e. The maximum atomic E-state index is 12.2. The molecule has 116 valence electrons. The largest absolute Gasteiger partial charge is 0.360 e. The van der Waals surface area contributed by atoms with Crippen molar-refractivity contribution in [3.63, 3.8) is 0 Å². The Morgan fingerprint density at radius 1 is 1.17 bits per heavy atom. The lowest BCUT2D eigenvalue weighted by molar-refractivity contribution is 0.102. The van der Waals surface area contributed by atoms with E-state index in [9.17, 15) is 4.79 Å². The zero-order valence-electron chi connectivity index (χ0n) is 12.1. The molecule has 0 radical (unpaired) electrons. The van der Waals surface area contributed by atoms with Gasteiger partial charge in [-0.05, 0) is 25.1 Å². The summed E-state index contributed by atoms with van der Waals surface area (Å²) in [5, 5.41) is 9.43. The molecule has 0 saturated heterocycles. The number of rotatable bonds is 4. The molecule has 0 bridgehead atoms. The highest BCUT2D eigenvalue weighted by Gasteiger charge is 2.11. The van der Waals surface area contributed by atoms with Gasteiger partial charge < -0.3 is 15.2 Å². The number of carbonyl (C=O) groups is 1. The quantitative estimate of drug-likeness (QED) is 0.726. The van der Waals surface area contributed by atoms with Gasteiger partial charge in [-0.2, -0.15) is 0 Å². The molecule has 0 fully saturated rings. The number of aryl methyl sites for hydroxylation is 1. The molecular weight excluding hydrogens is 362 g/mol. The topological polar surface area (TPSA) is 92.9 Å². The zero-order valence-corrected chi connectivity index (χ0v) is 13.7. The van der Waals surface area contributed by atoms with Gasteiger partial charge in [-0.3, -0.25) is 4.79 Å². The monoisotopic (exact) mass is 373 g/mol. The first-order chi connectivity index (χ1) is 11.1. The van der Waals surface area contributed by atoms with Crippen LogP contribution in [0.15, 0.2) is 51.7 Å². The minimum Gasteiger partial charge on any atom is -0.360 e. The number of aromatic nitrogens is 3. The number of nitrogens with one attached hydrogen (secondary N) is 2. The summed E-state index contributed by atoms with van der Waals surface area (Å²) >= 11 is 3.40. The highest BCUT2D eigenvalue weighted by atomic mass is 79.9. The van der Waals surface area contributed by atoms with Crippen molar-refractivity contribution in [3.05, 3.63) is 58.7 Å².